The smallest absolute Gasteiger partial charge is 0.348 e. The molecule has 1 aliphatic rings. The Morgan fingerprint density at radius 3 is 2.65 bits per heavy atom. The summed E-state index contributed by atoms with van der Waals surface area (Å²) >= 11 is 0. The molecule has 0 amide bonds. The van der Waals surface area contributed by atoms with E-state index in [-0.39, 0.29) is 6.10 Å². The number of nitrogens with zero attached hydrogens (tertiary/aromatic N) is 7. The molecule has 0 radical (unpaired) electrons. The van der Waals surface area contributed by atoms with Crippen LogP contribution in [0, 0.1) is 0 Å². The normalized spacial score (nSPS) is 19.2. The Hall–Kier alpha value is -3.25. The minimum atomic E-state index is -4.27. The summed E-state index contributed by atoms with van der Waals surface area (Å²) in [4.78, 5) is 4.78. The fraction of sp³-hybridized carbons (Fsp3) is 0.455. The molecule has 0 aromatic carbocycles. The number of alkyl halides is 3. The number of ether oxygens (including phenoxy) is 2. The third kappa shape index (κ3) is 4.68. The summed E-state index contributed by atoms with van der Waals surface area (Å²) in [5.41, 5.74) is 3.29. The molecule has 9 nitrogen and oxygen atoms in total. The molecule has 5 rings (SSSR count). The lowest BCUT2D eigenvalue weighted by molar-refractivity contribution is -0.142. The van der Waals surface area contributed by atoms with Crippen LogP contribution in [0.15, 0.2) is 43.2 Å². The topological polar surface area (TPSA) is 84.3 Å². The Morgan fingerprint density at radius 1 is 1.12 bits per heavy atom. The van der Waals surface area contributed by atoms with E-state index < -0.39 is 24.4 Å². The minimum absolute atomic E-state index is 0.107. The predicted octanol–water partition coefficient (Wildman–Crippen LogP) is 4.12. The Kier molecular flexibility index (Phi) is 5.44. The van der Waals surface area contributed by atoms with Gasteiger partial charge in [0, 0.05) is 23.5 Å². The molecule has 4 aromatic heterocycles. The first-order valence-corrected chi connectivity index (χ1v) is 10.9. The second kappa shape index (κ2) is 8.20. The SMILES string of the molecule is C[C@H](CC(F)(F)F)n1cc(-c2nc(-c3cnn(C[C@@H]4COC(C)(C)O4)c3)cn3nccc23)cn1. The maximum Gasteiger partial charge on any atom is 0.391 e. The van der Waals surface area contributed by atoms with Gasteiger partial charge in [0.15, 0.2) is 5.79 Å². The molecule has 0 unspecified atom stereocenters. The Morgan fingerprint density at radius 2 is 1.91 bits per heavy atom. The van der Waals surface area contributed by atoms with Gasteiger partial charge in [-0.25, -0.2) is 9.50 Å². The van der Waals surface area contributed by atoms with Crippen molar-refractivity contribution in [3.63, 3.8) is 0 Å². The lowest BCUT2D eigenvalue weighted by Crippen LogP contribution is -2.24. The first kappa shape index (κ1) is 22.5. The molecular formula is C22H24F3N7O2. The van der Waals surface area contributed by atoms with Gasteiger partial charge in [-0.3, -0.25) is 9.36 Å². The number of hydrogen-bond donors (Lipinski definition) is 0. The van der Waals surface area contributed by atoms with E-state index in [1.807, 2.05) is 20.0 Å². The van der Waals surface area contributed by atoms with Crippen molar-refractivity contribution in [2.24, 2.45) is 0 Å². The molecule has 5 heterocycles. The molecule has 0 saturated carbocycles. The van der Waals surface area contributed by atoms with Crippen LogP contribution in [0.3, 0.4) is 0 Å². The lowest BCUT2D eigenvalue weighted by Gasteiger charge is -2.16. The third-order valence-electron chi connectivity index (χ3n) is 5.63. The van der Waals surface area contributed by atoms with Crippen molar-refractivity contribution < 1.29 is 22.6 Å². The summed E-state index contributed by atoms with van der Waals surface area (Å²) in [6.07, 6.45) is 4.77. The number of rotatable bonds is 6. The van der Waals surface area contributed by atoms with Crippen molar-refractivity contribution in [2.75, 3.05) is 6.61 Å². The van der Waals surface area contributed by atoms with E-state index in [0.717, 1.165) is 11.1 Å². The summed E-state index contributed by atoms with van der Waals surface area (Å²) < 4.78 is 54.7. The zero-order valence-electron chi connectivity index (χ0n) is 18.9. The van der Waals surface area contributed by atoms with E-state index in [9.17, 15) is 13.2 Å². The van der Waals surface area contributed by atoms with E-state index in [1.165, 1.54) is 17.8 Å². The summed E-state index contributed by atoms with van der Waals surface area (Å²) in [5, 5.41) is 12.9. The van der Waals surface area contributed by atoms with Gasteiger partial charge in [0.2, 0.25) is 0 Å². The number of aromatic nitrogens is 7. The van der Waals surface area contributed by atoms with Gasteiger partial charge in [-0.15, -0.1) is 0 Å². The van der Waals surface area contributed by atoms with E-state index >= 15 is 0 Å². The number of halogens is 3. The van der Waals surface area contributed by atoms with Crippen molar-refractivity contribution in [1.82, 2.24) is 34.2 Å². The third-order valence-corrected chi connectivity index (χ3v) is 5.63. The summed E-state index contributed by atoms with van der Waals surface area (Å²) in [6.45, 7) is 6.25. The highest BCUT2D eigenvalue weighted by Crippen LogP contribution is 2.30. The monoisotopic (exact) mass is 475 g/mol. The van der Waals surface area contributed by atoms with Gasteiger partial charge in [-0.2, -0.15) is 28.5 Å². The van der Waals surface area contributed by atoms with Gasteiger partial charge in [-0.05, 0) is 26.8 Å². The number of hydrogen-bond acceptors (Lipinski definition) is 6. The molecule has 0 bridgehead atoms. The minimum Gasteiger partial charge on any atom is -0.348 e. The molecule has 0 spiro atoms. The van der Waals surface area contributed by atoms with Crippen molar-refractivity contribution in [3.05, 3.63) is 43.2 Å². The second-order valence-corrected chi connectivity index (χ2v) is 8.91. The molecule has 0 aliphatic carbocycles. The van der Waals surface area contributed by atoms with Crippen LogP contribution in [0.4, 0.5) is 13.2 Å². The van der Waals surface area contributed by atoms with E-state index in [1.54, 1.807) is 40.1 Å². The average Bonchev–Trinajstić information content (AvgIpc) is 3.53. The van der Waals surface area contributed by atoms with Crippen LogP contribution in [-0.4, -0.2) is 58.8 Å². The van der Waals surface area contributed by atoms with Gasteiger partial charge < -0.3 is 9.47 Å². The maximum atomic E-state index is 12.8. The molecule has 2 atom stereocenters. The highest BCUT2D eigenvalue weighted by molar-refractivity contribution is 5.78. The predicted molar refractivity (Wildman–Crippen MR) is 116 cm³/mol. The van der Waals surface area contributed by atoms with Gasteiger partial charge in [0.1, 0.15) is 6.10 Å². The number of fused-ring (bicyclic) bond motifs is 1. The Bertz CT molecular complexity index is 1310. The van der Waals surface area contributed by atoms with Crippen LogP contribution in [0.1, 0.15) is 33.2 Å². The molecule has 1 saturated heterocycles. The average molecular weight is 475 g/mol. The quantitative estimate of drug-likeness (QED) is 0.417. The summed E-state index contributed by atoms with van der Waals surface area (Å²) in [5.74, 6) is -0.607. The first-order valence-electron chi connectivity index (χ1n) is 10.9. The maximum absolute atomic E-state index is 12.8. The molecule has 0 N–H and O–H groups in total. The molecule has 34 heavy (non-hydrogen) atoms. The van der Waals surface area contributed by atoms with E-state index in [4.69, 9.17) is 14.5 Å². The van der Waals surface area contributed by atoms with Crippen LogP contribution in [0.5, 0.6) is 0 Å². The molecule has 12 heteroatoms. The summed E-state index contributed by atoms with van der Waals surface area (Å²) in [7, 11) is 0. The second-order valence-electron chi connectivity index (χ2n) is 8.91. The summed E-state index contributed by atoms with van der Waals surface area (Å²) in [6, 6.07) is 0.966. The van der Waals surface area contributed by atoms with Crippen molar-refractivity contribution in [3.8, 4) is 22.5 Å². The van der Waals surface area contributed by atoms with Crippen LogP contribution < -0.4 is 0 Å². The van der Waals surface area contributed by atoms with E-state index in [2.05, 4.69) is 15.3 Å². The molecule has 1 aliphatic heterocycles. The highest BCUT2D eigenvalue weighted by atomic mass is 19.4. The largest absolute Gasteiger partial charge is 0.391 e. The highest BCUT2D eigenvalue weighted by Gasteiger charge is 2.33. The van der Waals surface area contributed by atoms with Crippen LogP contribution >= 0.6 is 0 Å². The van der Waals surface area contributed by atoms with E-state index in [0.29, 0.717) is 30.1 Å². The van der Waals surface area contributed by atoms with Crippen molar-refractivity contribution >= 4 is 5.52 Å². The van der Waals surface area contributed by atoms with Crippen LogP contribution in [0.25, 0.3) is 28.0 Å². The van der Waals surface area contributed by atoms with Gasteiger partial charge in [0.05, 0.1) is 67.3 Å². The van der Waals surface area contributed by atoms with Crippen molar-refractivity contribution in [2.45, 2.75) is 57.8 Å². The first-order chi connectivity index (χ1) is 16.1. The van der Waals surface area contributed by atoms with Crippen molar-refractivity contribution in [1.29, 1.82) is 0 Å². The molecule has 4 aromatic rings. The fourth-order valence-corrected chi connectivity index (χ4v) is 4.07. The lowest BCUT2D eigenvalue weighted by atomic mass is 10.2. The zero-order chi connectivity index (χ0) is 24.1. The standard InChI is InChI=1S/C22H24F3N7O2/c1-14(6-22(23,24)25)31-10-16(8-28-31)20-19-4-5-26-32(19)12-18(29-20)15-7-27-30(9-15)11-17-13-33-21(2,3)34-17/h4-5,7-10,12,14,17H,6,11,13H2,1-3H3/t14-,17-/m1/s1. The van der Waals surface area contributed by atoms with Gasteiger partial charge >= 0.3 is 6.18 Å². The molecule has 180 valence electrons. The van der Waals surface area contributed by atoms with Gasteiger partial charge in [-0.1, -0.05) is 0 Å². The van der Waals surface area contributed by atoms with Gasteiger partial charge in [0.25, 0.3) is 0 Å². The van der Waals surface area contributed by atoms with Crippen LogP contribution in [-0.2, 0) is 16.0 Å². The zero-order valence-corrected chi connectivity index (χ0v) is 18.9. The molecular weight excluding hydrogens is 451 g/mol. The Balaban J connectivity index is 1.43. The van der Waals surface area contributed by atoms with Crippen LogP contribution in [0.2, 0.25) is 0 Å². The fourth-order valence-electron chi connectivity index (χ4n) is 4.07. The Labute approximate surface area is 193 Å². The molecule has 1 fully saturated rings.